The average molecular weight is 248 g/mol. The zero-order valence-corrected chi connectivity index (χ0v) is 9.04. The second-order valence-corrected chi connectivity index (χ2v) is 3.37. The first-order chi connectivity index (χ1) is 7.54. The number of alkyl halides is 2. The first-order valence-electron chi connectivity index (χ1n) is 4.36. The number of isocyanates is 1. The van der Waals surface area contributed by atoms with Crippen molar-refractivity contribution < 1.29 is 18.3 Å². The second-order valence-electron chi connectivity index (χ2n) is 2.96. The highest BCUT2D eigenvalue weighted by molar-refractivity contribution is 6.32. The zero-order chi connectivity index (χ0) is 12.1. The minimum atomic E-state index is -2.92. The van der Waals surface area contributed by atoms with Gasteiger partial charge in [0.05, 0.1) is 11.1 Å². The summed E-state index contributed by atoms with van der Waals surface area (Å²) in [7, 11) is 0. The fraction of sp³-hybridized carbons (Fsp3) is 0.300. The van der Waals surface area contributed by atoms with Crippen molar-refractivity contribution in [1.29, 1.82) is 0 Å². The average Bonchev–Trinajstić information content (AvgIpc) is 2.20. The number of nitrogens with zero attached hydrogens (tertiary/aromatic N) is 1. The van der Waals surface area contributed by atoms with Gasteiger partial charge in [0, 0.05) is 0 Å². The molecule has 86 valence electrons. The number of benzene rings is 1. The SMILES string of the molecule is CC(N=C=O)c1ccc(OC(F)F)c(Cl)c1. The van der Waals surface area contributed by atoms with Crippen molar-refractivity contribution >= 4 is 17.7 Å². The van der Waals surface area contributed by atoms with Crippen molar-refractivity contribution in [3.05, 3.63) is 28.8 Å². The molecule has 1 aromatic rings. The van der Waals surface area contributed by atoms with E-state index in [2.05, 4.69) is 9.73 Å². The maximum Gasteiger partial charge on any atom is 0.387 e. The van der Waals surface area contributed by atoms with Gasteiger partial charge in [-0.3, -0.25) is 0 Å². The molecular weight excluding hydrogens is 240 g/mol. The predicted octanol–water partition coefficient (Wildman–Crippen LogP) is 3.34. The predicted molar refractivity (Wildman–Crippen MR) is 54.6 cm³/mol. The van der Waals surface area contributed by atoms with Crippen LogP contribution in [0.15, 0.2) is 23.2 Å². The molecule has 0 saturated carbocycles. The lowest BCUT2D eigenvalue weighted by atomic mass is 10.1. The minimum absolute atomic E-state index is 0.0470. The molecule has 0 heterocycles. The number of hydrogen-bond donors (Lipinski definition) is 0. The molecule has 0 aliphatic heterocycles. The maximum atomic E-state index is 11.9. The van der Waals surface area contributed by atoms with Gasteiger partial charge in [-0.2, -0.15) is 13.8 Å². The largest absolute Gasteiger partial charge is 0.433 e. The van der Waals surface area contributed by atoms with E-state index in [-0.39, 0.29) is 10.8 Å². The normalized spacial score (nSPS) is 12.1. The third-order valence-electron chi connectivity index (χ3n) is 1.90. The van der Waals surface area contributed by atoms with Crippen LogP contribution in [0.5, 0.6) is 5.75 Å². The summed E-state index contributed by atoms with van der Waals surface area (Å²) in [5, 5.41) is 0.0470. The van der Waals surface area contributed by atoms with E-state index in [1.54, 1.807) is 6.92 Å². The van der Waals surface area contributed by atoms with Gasteiger partial charge in [0.2, 0.25) is 6.08 Å². The van der Waals surface area contributed by atoms with Gasteiger partial charge in [0.25, 0.3) is 0 Å². The highest BCUT2D eigenvalue weighted by atomic mass is 35.5. The molecule has 0 aliphatic carbocycles. The molecule has 1 unspecified atom stereocenters. The molecule has 0 spiro atoms. The van der Waals surface area contributed by atoms with Crippen molar-refractivity contribution in [2.75, 3.05) is 0 Å². The summed E-state index contributed by atoms with van der Waals surface area (Å²) < 4.78 is 28.0. The highest BCUT2D eigenvalue weighted by Gasteiger charge is 2.11. The number of halogens is 3. The van der Waals surface area contributed by atoms with E-state index < -0.39 is 12.7 Å². The lowest BCUT2D eigenvalue weighted by Gasteiger charge is -2.09. The molecule has 0 amide bonds. The molecule has 16 heavy (non-hydrogen) atoms. The van der Waals surface area contributed by atoms with Crippen molar-refractivity contribution in [1.82, 2.24) is 0 Å². The summed E-state index contributed by atoms with van der Waals surface area (Å²) in [6.07, 6.45) is 1.41. The molecular formula is C10H8ClF2NO2. The Hall–Kier alpha value is -1.45. The van der Waals surface area contributed by atoms with E-state index in [0.29, 0.717) is 5.56 Å². The molecule has 0 saturated heterocycles. The number of hydrogen-bond acceptors (Lipinski definition) is 3. The molecule has 1 aromatic carbocycles. The van der Waals surface area contributed by atoms with Crippen molar-refractivity contribution in [2.24, 2.45) is 4.99 Å². The molecule has 0 bridgehead atoms. The van der Waals surface area contributed by atoms with Crippen LogP contribution in [-0.2, 0) is 4.79 Å². The van der Waals surface area contributed by atoms with Crippen LogP contribution in [0, 0.1) is 0 Å². The van der Waals surface area contributed by atoms with Gasteiger partial charge in [0.15, 0.2) is 0 Å². The summed E-state index contributed by atoms with van der Waals surface area (Å²) >= 11 is 5.72. The Balaban J connectivity index is 2.94. The van der Waals surface area contributed by atoms with Crippen LogP contribution in [0.25, 0.3) is 0 Å². The van der Waals surface area contributed by atoms with Crippen molar-refractivity contribution in [3.63, 3.8) is 0 Å². The Bertz CT molecular complexity index is 419. The van der Waals surface area contributed by atoms with Crippen molar-refractivity contribution in [3.8, 4) is 5.75 Å². The first kappa shape index (κ1) is 12.6. The molecule has 3 nitrogen and oxygen atoms in total. The second kappa shape index (κ2) is 5.58. The number of rotatable bonds is 4. The Morgan fingerprint density at radius 3 is 2.69 bits per heavy atom. The van der Waals surface area contributed by atoms with E-state index in [4.69, 9.17) is 11.6 Å². The molecule has 0 fully saturated rings. The lowest BCUT2D eigenvalue weighted by Crippen LogP contribution is -2.02. The maximum absolute atomic E-state index is 11.9. The highest BCUT2D eigenvalue weighted by Crippen LogP contribution is 2.29. The fourth-order valence-corrected chi connectivity index (χ4v) is 1.36. The molecule has 0 N–H and O–H groups in total. The van der Waals surface area contributed by atoms with Crippen LogP contribution in [0.4, 0.5) is 8.78 Å². The molecule has 0 aliphatic rings. The van der Waals surface area contributed by atoms with E-state index in [1.165, 1.54) is 24.3 Å². The van der Waals surface area contributed by atoms with Gasteiger partial charge in [-0.05, 0) is 24.6 Å². The van der Waals surface area contributed by atoms with E-state index >= 15 is 0 Å². The summed E-state index contributed by atoms with van der Waals surface area (Å²) in [5.41, 5.74) is 0.620. The summed E-state index contributed by atoms with van der Waals surface area (Å²) in [6, 6.07) is 3.82. The van der Waals surface area contributed by atoms with Crippen LogP contribution >= 0.6 is 11.6 Å². The Morgan fingerprint density at radius 2 is 2.19 bits per heavy atom. The van der Waals surface area contributed by atoms with Gasteiger partial charge < -0.3 is 4.74 Å². The quantitative estimate of drug-likeness (QED) is 0.605. The number of carbonyl (C=O) groups excluding carboxylic acids is 1. The van der Waals surface area contributed by atoms with Crippen LogP contribution in [0.3, 0.4) is 0 Å². The Morgan fingerprint density at radius 1 is 1.50 bits per heavy atom. The zero-order valence-electron chi connectivity index (χ0n) is 8.28. The van der Waals surface area contributed by atoms with Crippen LogP contribution < -0.4 is 4.74 Å². The number of aliphatic imine (C=N–C) groups is 1. The molecule has 1 rings (SSSR count). The van der Waals surface area contributed by atoms with E-state index in [1.807, 2.05) is 0 Å². The summed E-state index contributed by atoms with van der Waals surface area (Å²) in [4.78, 5) is 13.5. The molecule has 0 radical (unpaired) electrons. The van der Waals surface area contributed by atoms with Crippen LogP contribution in [0.2, 0.25) is 5.02 Å². The fourth-order valence-electron chi connectivity index (χ4n) is 1.12. The monoisotopic (exact) mass is 247 g/mol. The topological polar surface area (TPSA) is 38.7 Å². The van der Waals surface area contributed by atoms with E-state index in [9.17, 15) is 13.6 Å². The molecule has 0 aromatic heterocycles. The van der Waals surface area contributed by atoms with E-state index in [0.717, 1.165) is 0 Å². The van der Waals surface area contributed by atoms with Gasteiger partial charge in [-0.1, -0.05) is 17.7 Å². The molecule has 6 heteroatoms. The summed E-state index contributed by atoms with van der Waals surface area (Å²) in [6.45, 7) is -1.27. The minimum Gasteiger partial charge on any atom is -0.433 e. The third-order valence-corrected chi connectivity index (χ3v) is 2.20. The third kappa shape index (κ3) is 3.29. The van der Waals surface area contributed by atoms with Crippen LogP contribution in [0.1, 0.15) is 18.5 Å². The summed E-state index contributed by atoms with van der Waals surface area (Å²) in [5.74, 6) is -0.109. The standard InChI is InChI=1S/C10H8ClF2NO2/c1-6(14-5-15)7-2-3-9(8(11)4-7)16-10(12)13/h2-4,6,10H,1H3. The number of ether oxygens (including phenoxy) is 1. The van der Waals surface area contributed by atoms with Gasteiger partial charge in [0.1, 0.15) is 5.75 Å². The van der Waals surface area contributed by atoms with Gasteiger partial charge in [-0.25, -0.2) is 4.79 Å². The Labute approximate surface area is 95.7 Å². The lowest BCUT2D eigenvalue weighted by molar-refractivity contribution is -0.0497. The first-order valence-corrected chi connectivity index (χ1v) is 4.73. The van der Waals surface area contributed by atoms with Gasteiger partial charge in [-0.15, -0.1) is 0 Å². The smallest absolute Gasteiger partial charge is 0.387 e. The van der Waals surface area contributed by atoms with Crippen molar-refractivity contribution in [2.45, 2.75) is 19.6 Å². The Kier molecular flexibility index (Phi) is 4.40. The van der Waals surface area contributed by atoms with Gasteiger partial charge >= 0.3 is 6.61 Å². The van der Waals surface area contributed by atoms with Crippen LogP contribution in [-0.4, -0.2) is 12.7 Å². The molecule has 1 atom stereocenters.